The van der Waals surface area contributed by atoms with Crippen LogP contribution in [0.25, 0.3) is 6.08 Å². The zero-order chi connectivity index (χ0) is 18.0. The minimum absolute atomic E-state index is 0.0182. The largest absolute Gasteiger partial charge is 0.492 e. The van der Waals surface area contributed by atoms with Gasteiger partial charge in [-0.1, -0.05) is 18.2 Å². The summed E-state index contributed by atoms with van der Waals surface area (Å²) in [7, 11) is 0. The van der Waals surface area contributed by atoms with Crippen LogP contribution in [0, 0.1) is 0 Å². The standard InChI is InChI=1S/C21H23N3O2/c22-13-17-3-5-19-18(12-17)21(15-26-19)7-10-24(11-8-21)20(25)6-4-16-2-1-9-23-14-16/h1-6,9,12,14H,7-8,10-11,13,15,22H2. The number of aromatic nitrogens is 1. The second-order valence-electron chi connectivity index (χ2n) is 7.05. The van der Waals surface area contributed by atoms with Gasteiger partial charge in [0, 0.05) is 49.1 Å². The van der Waals surface area contributed by atoms with Crippen LogP contribution >= 0.6 is 0 Å². The summed E-state index contributed by atoms with van der Waals surface area (Å²) in [6.07, 6.45) is 8.76. The van der Waals surface area contributed by atoms with Crippen LogP contribution < -0.4 is 10.5 Å². The Hall–Kier alpha value is -2.66. The molecule has 0 radical (unpaired) electrons. The molecule has 3 heterocycles. The first-order valence-corrected chi connectivity index (χ1v) is 9.03. The highest BCUT2D eigenvalue weighted by molar-refractivity contribution is 5.91. The van der Waals surface area contributed by atoms with Gasteiger partial charge >= 0.3 is 0 Å². The zero-order valence-corrected chi connectivity index (χ0v) is 14.7. The van der Waals surface area contributed by atoms with Crippen LogP contribution in [0.15, 0.2) is 48.8 Å². The number of benzene rings is 1. The second kappa shape index (κ2) is 6.92. The average molecular weight is 349 g/mol. The molecule has 2 aromatic rings. The van der Waals surface area contributed by atoms with E-state index >= 15 is 0 Å². The van der Waals surface area contributed by atoms with E-state index in [9.17, 15) is 4.79 Å². The number of amides is 1. The molecule has 1 amide bonds. The molecule has 0 bridgehead atoms. The van der Waals surface area contributed by atoms with E-state index in [1.54, 1.807) is 18.5 Å². The Kier molecular flexibility index (Phi) is 4.47. The van der Waals surface area contributed by atoms with E-state index < -0.39 is 0 Å². The Labute approximate surface area is 153 Å². The summed E-state index contributed by atoms with van der Waals surface area (Å²) < 4.78 is 5.93. The van der Waals surface area contributed by atoms with Crippen molar-refractivity contribution in [2.24, 2.45) is 5.73 Å². The molecular weight excluding hydrogens is 326 g/mol. The van der Waals surface area contributed by atoms with Gasteiger partial charge in [0.1, 0.15) is 5.75 Å². The van der Waals surface area contributed by atoms with Crippen molar-refractivity contribution < 1.29 is 9.53 Å². The molecule has 5 nitrogen and oxygen atoms in total. The maximum atomic E-state index is 12.5. The number of nitrogens with two attached hydrogens (primary N) is 1. The molecule has 1 aromatic heterocycles. The van der Waals surface area contributed by atoms with Crippen LogP contribution in [0.4, 0.5) is 0 Å². The number of hydrogen-bond donors (Lipinski definition) is 1. The monoisotopic (exact) mass is 349 g/mol. The third kappa shape index (κ3) is 3.10. The lowest BCUT2D eigenvalue weighted by Crippen LogP contribution is -2.45. The number of carbonyl (C=O) groups is 1. The molecule has 26 heavy (non-hydrogen) atoms. The van der Waals surface area contributed by atoms with E-state index in [1.807, 2.05) is 35.2 Å². The number of piperidine rings is 1. The predicted octanol–water partition coefficient (Wildman–Crippen LogP) is 2.51. The van der Waals surface area contributed by atoms with Gasteiger partial charge in [-0.25, -0.2) is 0 Å². The van der Waals surface area contributed by atoms with Crippen molar-refractivity contribution in [2.75, 3.05) is 19.7 Å². The number of nitrogens with zero attached hydrogens (tertiary/aromatic N) is 2. The smallest absolute Gasteiger partial charge is 0.246 e. The first-order chi connectivity index (χ1) is 12.7. The molecule has 0 saturated carbocycles. The lowest BCUT2D eigenvalue weighted by atomic mass is 9.74. The number of likely N-dealkylation sites (tertiary alicyclic amines) is 1. The molecule has 5 heteroatoms. The van der Waals surface area contributed by atoms with Crippen molar-refractivity contribution >= 4 is 12.0 Å². The molecule has 2 aliphatic rings. The van der Waals surface area contributed by atoms with E-state index in [-0.39, 0.29) is 11.3 Å². The molecule has 134 valence electrons. The Morgan fingerprint density at radius 2 is 2.15 bits per heavy atom. The van der Waals surface area contributed by atoms with E-state index in [1.165, 1.54) is 5.56 Å². The topological polar surface area (TPSA) is 68.5 Å². The maximum Gasteiger partial charge on any atom is 0.246 e. The first-order valence-electron chi connectivity index (χ1n) is 9.03. The van der Waals surface area contributed by atoms with Gasteiger partial charge < -0.3 is 15.4 Å². The Balaban J connectivity index is 1.44. The fourth-order valence-corrected chi connectivity index (χ4v) is 3.85. The van der Waals surface area contributed by atoms with Gasteiger partial charge in [-0.05, 0) is 42.2 Å². The predicted molar refractivity (Wildman–Crippen MR) is 101 cm³/mol. The highest BCUT2D eigenvalue weighted by Crippen LogP contribution is 2.45. The summed E-state index contributed by atoms with van der Waals surface area (Å²) in [6.45, 7) is 2.72. The third-order valence-corrected chi connectivity index (χ3v) is 5.49. The zero-order valence-electron chi connectivity index (χ0n) is 14.7. The van der Waals surface area contributed by atoms with E-state index in [2.05, 4.69) is 11.1 Å². The lowest BCUT2D eigenvalue weighted by Gasteiger charge is -2.38. The molecule has 0 unspecified atom stereocenters. The van der Waals surface area contributed by atoms with Gasteiger partial charge in [0.05, 0.1) is 6.61 Å². The Morgan fingerprint density at radius 3 is 2.88 bits per heavy atom. The quantitative estimate of drug-likeness (QED) is 0.865. The molecule has 2 N–H and O–H groups in total. The van der Waals surface area contributed by atoms with Crippen molar-refractivity contribution in [3.8, 4) is 5.75 Å². The summed E-state index contributed by atoms with van der Waals surface area (Å²) >= 11 is 0. The maximum absolute atomic E-state index is 12.5. The molecule has 0 aliphatic carbocycles. The molecule has 1 fully saturated rings. The van der Waals surface area contributed by atoms with E-state index in [0.29, 0.717) is 13.2 Å². The minimum atomic E-state index is 0.0182. The number of fused-ring (bicyclic) bond motifs is 2. The van der Waals surface area contributed by atoms with Gasteiger partial charge in [-0.3, -0.25) is 9.78 Å². The van der Waals surface area contributed by atoms with E-state index in [0.717, 1.165) is 42.8 Å². The van der Waals surface area contributed by atoms with Gasteiger partial charge in [-0.15, -0.1) is 0 Å². The molecular formula is C21H23N3O2. The Morgan fingerprint density at radius 1 is 1.31 bits per heavy atom. The van der Waals surface area contributed by atoms with Crippen LogP contribution in [0.1, 0.15) is 29.5 Å². The average Bonchev–Trinajstić information content (AvgIpc) is 3.05. The van der Waals surface area contributed by atoms with Crippen LogP contribution in [0.2, 0.25) is 0 Å². The normalized spacial score (nSPS) is 18.1. The SMILES string of the molecule is NCc1ccc2c(c1)C1(CCN(C(=O)C=Cc3cccnc3)CC1)CO2. The lowest BCUT2D eigenvalue weighted by molar-refractivity contribution is -0.127. The molecule has 1 saturated heterocycles. The minimum Gasteiger partial charge on any atom is -0.492 e. The van der Waals surface area contributed by atoms with Gasteiger partial charge in [0.2, 0.25) is 5.91 Å². The summed E-state index contributed by atoms with van der Waals surface area (Å²) in [5, 5.41) is 0. The number of pyridine rings is 1. The van der Waals surface area contributed by atoms with Crippen molar-refractivity contribution in [1.29, 1.82) is 0 Å². The number of carbonyl (C=O) groups excluding carboxylic acids is 1. The fourth-order valence-electron chi connectivity index (χ4n) is 3.85. The summed E-state index contributed by atoms with van der Waals surface area (Å²) in [5.74, 6) is 1.03. The fraction of sp³-hybridized carbons (Fsp3) is 0.333. The highest BCUT2D eigenvalue weighted by atomic mass is 16.5. The molecule has 4 rings (SSSR count). The molecule has 1 spiro atoms. The highest BCUT2D eigenvalue weighted by Gasteiger charge is 2.43. The summed E-state index contributed by atoms with van der Waals surface area (Å²) in [4.78, 5) is 18.5. The van der Waals surface area contributed by atoms with Crippen molar-refractivity contribution in [1.82, 2.24) is 9.88 Å². The molecule has 2 aliphatic heterocycles. The molecule has 0 atom stereocenters. The van der Waals surface area contributed by atoms with Gasteiger partial charge in [0.25, 0.3) is 0 Å². The number of rotatable bonds is 3. The van der Waals surface area contributed by atoms with E-state index in [4.69, 9.17) is 10.5 Å². The van der Waals surface area contributed by atoms with Crippen LogP contribution in [0.3, 0.4) is 0 Å². The Bertz CT molecular complexity index is 824. The summed E-state index contributed by atoms with van der Waals surface area (Å²) in [6, 6.07) is 10.0. The first kappa shape index (κ1) is 16.8. The van der Waals surface area contributed by atoms with Crippen molar-refractivity contribution in [3.05, 3.63) is 65.5 Å². The number of hydrogen-bond acceptors (Lipinski definition) is 4. The second-order valence-corrected chi connectivity index (χ2v) is 7.05. The molecule has 1 aromatic carbocycles. The summed E-state index contributed by atoms with van der Waals surface area (Å²) in [5.41, 5.74) is 9.14. The van der Waals surface area contributed by atoms with Crippen LogP contribution in [-0.2, 0) is 16.8 Å². The van der Waals surface area contributed by atoms with Crippen molar-refractivity contribution in [3.63, 3.8) is 0 Å². The van der Waals surface area contributed by atoms with Gasteiger partial charge in [-0.2, -0.15) is 0 Å². The van der Waals surface area contributed by atoms with Gasteiger partial charge in [0.15, 0.2) is 0 Å². The number of ether oxygens (including phenoxy) is 1. The third-order valence-electron chi connectivity index (χ3n) is 5.49. The van der Waals surface area contributed by atoms with Crippen LogP contribution in [-0.4, -0.2) is 35.5 Å². The van der Waals surface area contributed by atoms with Crippen molar-refractivity contribution in [2.45, 2.75) is 24.8 Å². The van der Waals surface area contributed by atoms with Crippen LogP contribution in [0.5, 0.6) is 5.75 Å².